The molecule has 0 spiro atoms. The third-order valence-corrected chi connectivity index (χ3v) is 2.09. The SMILES string of the molecule is CCCCCOC[C@@H](CCN)OCC. The Morgan fingerprint density at radius 3 is 2.57 bits per heavy atom. The maximum atomic E-state index is 5.52. The van der Waals surface area contributed by atoms with E-state index in [4.69, 9.17) is 15.2 Å². The minimum absolute atomic E-state index is 0.187. The van der Waals surface area contributed by atoms with Gasteiger partial charge in [-0.2, -0.15) is 0 Å². The normalized spacial score (nSPS) is 13.1. The van der Waals surface area contributed by atoms with Gasteiger partial charge < -0.3 is 15.2 Å². The van der Waals surface area contributed by atoms with E-state index >= 15 is 0 Å². The van der Waals surface area contributed by atoms with E-state index in [1.807, 2.05) is 6.92 Å². The van der Waals surface area contributed by atoms with Crippen LogP contribution in [0, 0.1) is 0 Å². The van der Waals surface area contributed by atoms with Crippen LogP contribution in [-0.2, 0) is 9.47 Å². The first-order chi connectivity index (χ1) is 6.85. The summed E-state index contributed by atoms with van der Waals surface area (Å²) < 4.78 is 11.0. The van der Waals surface area contributed by atoms with Gasteiger partial charge in [-0.25, -0.2) is 0 Å². The fraction of sp³-hybridized carbons (Fsp3) is 1.00. The van der Waals surface area contributed by atoms with Crippen molar-refractivity contribution < 1.29 is 9.47 Å². The van der Waals surface area contributed by atoms with Gasteiger partial charge in [0, 0.05) is 13.2 Å². The Balaban J connectivity index is 3.30. The number of nitrogens with two attached hydrogens (primary N) is 1. The third kappa shape index (κ3) is 8.48. The first-order valence-electron chi connectivity index (χ1n) is 5.74. The molecule has 1 atom stereocenters. The minimum Gasteiger partial charge on any atom is -0.379 e. The van der Waals surface area contributed by atoms with E-state index < -0.39 is 0 Å². The topological polar surface area (TPSA) is 44.5 Å². The van der Waals surface area contributed by atoms with Crippen molar-refractivity contribution in [2.24, 2.45) is 5.73 Å². The summed E-state index contributed by atoms with van der Waals surface area (Å²) in [6.07, 6.45) is 4.71. The Kier molecular flexibility index (Phi) is 10.9. The first kappa shape index (κ1) is 13.9. The van der Waals surface area contributed by atoms with E-state index in [1.54, 1.807) is 0 Å². The Labute approximate surface area is 88.0 Å². The molecule has 0 unspecified atom stereocenters. The van der Waals surface area contributed by atoms with Gasteiger partial charge in [0.25, 0.3) is 0 Å². The lowest BCUT2D eigenvalue weighted by Crippen LogP contribution is -2.23. The molecule has 0 aliphatic rings. The van der Waals surface area contributed by atoms with Gasteiger partial charge in [0.2, 0.25) is 0 Å². The molecule has 0 fully saturated rings. The van der Waals surface area contributed by atoms with Crippen molar-refractivity contribution in [1.29, 1.82) is 0 Å². The molecule has 3 heteroatoms. The maximum Gasteiger partial charge on any atom is 0.0820 e. The van der Waals surface area contributed by atoms with Crippen LogP contribution in [-0.4, -0.2) is 32.5 Å². The summed E-state index contributed by atoms with van der Waals surface area (Å²) in [5, 5.41) is 0. The van der Waals surface area contributed by atoms with Crippen LogP contribution in [0.25, 0.3) is 0 Å². The van der Waals surface area contributed by atoms with Crippen molar-refractivity contribution in [2.75, 3.05) is 26.4 Å². The van der Waals surface area contributed by atoms with E-state index in [-0.39, 0.29) is 6.10 Å². The monoisotopic (exact) mass is 203 g/mol. The van der Waals surface area contributed by atoms with Gasteiger partial charge in [-0.15, -0.1) is 0 Å². The van der Waals surface area contributed by atoms with Crippen molar-refractivity contribution >= 4 is 0 Å². The summed E-state index contributed by atoms with van der Waals surface area (Å²) in [5.74, 6) is 0. The van der Waals surface area contributed by atoms with Crippen molar-refractivity contribution in [2.45, 2.75) is 45.6 Å². The van der Waals surface area contributed by atoms with Crippen LogP contribution in [0.5, 0.6) is 0 Å². The average molecular weight is 203 g/mol. The van der Waals surface area contributed by atoms with Crippen LogP contribution < -0.4 is 5.73 Å². The Morgan fingerprint density at radius 2 is 2.00 bits per heavy atom. The van der Waals surface area contributed by atoms with E-state index in [0.717, 1.165) is 26.1 Å². The highest BCUT2D eigenvalue weighted by molar-refractivity contribution is 4.57. The third-order valence-electron chi connectivity index (χ3n) is 2.09. The van der Waals surface area contributed by atoms with Gasteiger partial charge in [-0.1, -0.05) is 19.8 Å². The lowest BCUT2D eigenvalue weighted by atomic mass is 10.2. The van der Waals surface area contributed by atoms with E-state index in [2.05, 4.69) is 6.92 Å². The molecule has 0 radical (unpaired) electrons. The number of rotatable bonds is 10. The average Bonchev–Trinajstić information content (AvgIpc) is 2.18. The van der Waals surface area contributed by atoms with Crippen LogP contribution in [0.3, 0.4) is 0 Å². The number of hydrogen-bond donors (Lipinski definition) is 1. The Hall–Kier alpha value is -0.120. The summed E-state index contributed by atoms with van der Waals surface area (Å²) in [6, 6.07) is 0. The predicted molar refractivity (Wildman–Crippen MR) is 59.4 cm³/mol. The molecule has 86 valence electrons. The number of unbranched alkanes of at least 4 members (excludes halogenated alkanes) is 2. The molecule has 0 saturated carbocycles. The summed E-state index contributed by atoms with van der Waals surface area (Å²) in [5.41, 5.74) is 5.48. The second-order valence-electron chi connectivity index (χ2n) is 3.44. The summed E-state index contributed by atoms with van der Waals surface area (Å²) in [4.78, 5) is 0. The smallest absolute Gasteiger partial charge is 0.0820 e. The standard InChI is InChI=1S/C11H25NO2/c1-3-5-6-9-13-10-11(7-8-12)14-4-2/h11H,3-10,12H2,1-2H3/t11-/m1/s1. The van der Waals surface area contributed by atoms with Crippen LogP contribution in [0.15, 0.2) is 0 Å². The lowest BCUT2D eigenvalue weighted by Gasteiger charge is -2.16. The van der Waals surface area contributed by atoms with Crippen molar-refractivity contribution in [3.8, 4) is 0 Å². The second kappa shape index (κ2) is 11.0. The molecule has 0 aromatic rings. The quantitative estimate of drug-likeness (QED) is 0.552. The molecule has 2 N–H and O–H groups in total. The van der Waals surface area contributed by atoms with Gasteiger partial charge in [-0.3, -0.25) is 0 Å². The number of ether oxygens (including phenoxy) is 2. The van der Waals surface area contributed by atoms with Crippen molar-refractivity contribution in [3.05, 3.63) is 0 Å². The molecule has 0 aromatic carbocycles. The lowest BCUT2D eigenvalue weighted by molar-refractivity contribution is -0.0149. The molecule has 0 bridgehead atoms. The van der Waals surface area contributed by atoms with E-state index in [1.165, 1.54) is 12.8 Å². The molecular formula is C11H25NO2. The fourth-order valence-electron chi connectivity index (χ4n) is 1.31. The molecule has 0 aliphatic heterocycles. The fourth-order valence-corrected chi connectivity index (χ4v) is 1.31. The molecule has 0 aliphatic carbocycles. The molecule has 0 rings (SSSR count). The van der Waals surface area contributed by atoms with Gasteiger partial charge in [-0.05, 0) is 26.3 Å². The largest absolute Gasteiger partial charge is 0.379 e. The maximum absolute atomic E-state index is 5.52. The Bertz CT molecular complexity index is 103. The molecule has 0 heterocycles. The highest BCUT2D eigenvalue weighted by atomic mass is 16.5. The summed E-state index contributed by atoms with van der Waals surface area (Å²) in [6.45, 7) is 7.14. The zero-order valence-corrected chi connectivity index (χ0v) is 9.63. The van der Waals surface area contributed by atoms with E-state index in [0.29, 0.717) is 13.2 Å². The molecular weight excluding hydrogens is 178 g/mol. The zero-order valence-electron chi connectivity index (χ0n) is 9.63. The van der Waals surface area contributed by atoms with Crippen molar-refractivity contribution in [3.63, 3.8) is 0 Å². The Morgan fingerprint density at radius 1 is 1.21 bits per heavy atom. The highest BCUT2D eigenvalue weighted by Gasteiger charge is 2.06. The van der Waals surface area contributed by atoms with Crippen molar-refractivity contribution in [1.82, 2.24) is 0 Å². The minimum atomic E-state index is 0.187. The van der Waals surface area contributed by atoms with E-state index in [9.17, 15) is 0 Å². The molecule has 14 heavy (non-hydrogen) atoms. The van der Waals surface area contributed by atoms with Gasteiger partial charge >= 0.3 is 0 Å². The number of hydrogen-bond acceptors (Lipinski definition) is 3. The molecule has 0 saturated heterocycles. The van der Waals surface area contributed by atoms with Gasteiger partial charge in [0.15, 0.2) is 0 Å². The first-order valence-corrected chi connectivity index (χ1v) is 5.74. The van der Waals surface area contributed by atoms with Crippen LogP contribution >= 0.6 is 0 Å². The van der Waals surface area contributed by atoms with Crippen LogP contribution in [0.2, 0.25) is 0 Å². The molecule has 3 nitrogen and oxygen atoms in total. The highest BCUT2D eigenvalue weighted by Crippen LogP contribution is 2.00. The van der Waals surface area contributed by atoms with Gasteiger partial charge in [0.1, 0.15) is 0 Å². The zero-order chi connectivity index (χ0) is 10.6. The molecule has 0 aromatic heterocycles. The van der Waals surface area contributed by atoms with Gasteiger partial charge in [0.05, 0.1) is 12.7 Å². The summed E-state index contributed by atoms with van der Waals surface area (Å²) >= 11 is 0. The summed E-state index contributed by atoms with van der Waals surface area (Å²) in [7, 11) is 0. The predicted octanol–water partition coefficient (Wildman–Crippen LogP) is 1.95. The molecule has 0 amide bonds. The van der Waals surface area contributed by atoms with Crippen LogP contribution in [0.4, 0.5) is 0 Å². The van der Waals surface area contributed by atoms with Crippen LogP contribution in [0.1, 0.15) is 39.5 Å². The second-order valence-corrected chi connectivity index (χ2v) is 3.44.